The van der Waals surface area contributed by atoms with Crippen LogP contribution in [0.1, 0.15) is 47.9 Å². The van der Waals surface area contributed by atoms with Gasteiger partial charge in [0.1, 0.15) is 10.7 Å². The van der Waals surface area contributed by atoms with Crippen LogP contribution in [0, 0.1) is 0 Å². The number of amides is 2. The summed E-state index contributed by atoms with van der Waals surface area (Å²) in [6.07, 6.45) is 0.418. The van der Waals surface area contributed by atoms with Crippen molar-refractivity contribution < 1.29 is 28.7 Å². The number of esters is 2. The fourth-order valence-electron chi connectivity index (χ4n) is 3.02. The van der Waals surface area contributed by atoms with Gasteiger partial charge in [0.15, 0.2) is 0 Å². The Morgan fingerprint density at radius 1 is 1.00 bits per heavy atom. The molecule has 1 aliphatic heterocycles. The molecule has 1 aliphatic rings. The molecule has 2 amide bonds. The molecule has 0 saturated carbocycles. The van der Waals surface area contributed by atoms with E-state index in [4.69, 9.17) is 21.1 Å². The third-order valence-electron chi connectivity index (χ3n) is 4.54. The molecular weight excluding hydrogens is 448 g/mol. The van der Waals surface area contributed by atoms with Gasteiger partial charge in [0.2, 0.25) is 0 Å². The number of nitrogens with zero attached hydrogens (tertiary/aromatic N) is 1. The van der Waals surface area contributed by atoms with Gasteiger partial charge in [0.05, 0.1) is 29.5 Å². The van der Waals surface area contributed by atoms with Crippen molar-refractivity contribution in [1.82, 2.24) is 0 Å². The first kappa shape index (κ1) is 24.0. The quantitative estimate of drug-likeness (QED) is 0.454. The van der Waals surface area contributed by atoms with Crippen LogP contribution in [0.2, 0.25) is 0 Å². The maximum atomic E-state index is 13.0. The summed E-state index contributed by atoms with van der Waals surface area (Å²) in [6, 6.07) is 12.2. The topological polar surface area (TPSA) is 102 Å². The zero-order chi connectivity index (χ0) is 24.1. The fourth-order valence-corrected chi connectivity index (χ4v) is 3.23. The normalized spacial score (nSPS) is 13.5. The Morgan fingerprint density at radius 2 is 1.70 bits per heavy atom. The highest BCUT2D eigenvalue weighted by Gasteiger charge is 2.39. The van der Waals surface area contributed by atoms with E-state index in [1.54, 1.807) is 32.0 Å². The lowest BCUT2D eigenvalue weighted by molar-refractivity contribution is -0.120. The molecule has 1 heterocycles. The Hall–Kier alpha value is -3.65. The van der Waals surface area contributed by atoms with Crippen molar-refractivity contribution in [1.29, 1.82) is 0 Å². The fraction of sp³-hybridized carbons (Fsp3) is 0.250. The first-order valence-electron chi connectivity index (χ1n) is 10.4. The van der Waals surface area contributed by atoms with Crippen LogP contribution in [-0.4, -0.2) is 36.5 Å². The Kier molecular flexibility index (Phi) is 7.50. The van der Waals surface area contributed by atoms with Gasteiger partial charge in [-0.15, -0.1) is 0 Å². The molecule has 0 unspecified atom stereocenters. The van der Waals surface area contributed by atoms with Crippen molar-refractivity contribution in [2.75, 3.05) is 16.8 Å². The van der Waals surface area contributed by atoms with E-state index in [1.807, 2.05) is 6.92 Å². The average Bonchev–Trinajstić information content (AvgIpc) is 3.00. The predicted molar refractivity (Wildman–Crippen MR) is 123 cm³/mol. The van der Waals surface area contributed by atoms with E-state index in [0.29, 0.717) is 24.3 Å². The molecule has 0 aromatic heterocycles. The number of benzene rings is 2. The van der Waals surface area contributed by atoms with E-state index >= 15 is 0 Å². The Bertz CT molecular complexity index is 1120. The van der Waals surface area contributed by atoms with Gasteiger partial charge in [0, 0.05) is 5.69 Å². The number of carbonyl (C=O) groups is 4. The van der Waals surface area contributed by atoms with E-state index in [0.717, 1.165) is 4.90 Å². The summed E-state index contributed by atoms with van der Waals surface area (Å²) in [5, 5.41) is 2.54. The number of carbonyl (C=O) groups excluding carboxylic acids is 4. The van der Waals surface area contributed by atoms with E-state index in [9.17, 15) is 19.2 Å². The zero-order valence-electron chi connectivity index (χ0n) is 18.4. The number of hydrogen-bond acceptors (Lipinski definition) is 7. The second kappa shape index (κ2) is 10.3. The van der Waals surface area contributed by atoms with Crippen LogP contribution in [0.15, 0.2) is 59.3 Å². The molecule has 0 radical (unpaired) electrons. The number of ether oxygens (including phenoxy) is 2. The predicted octanol–water partition coefficient (Wildman–Crippen LogP) is 4.25. The molecule has 0 saturated heterocycles. The molecule has 0 spiro atoms. The van der Waals surface area contributed by atoms with Crippen LogP contribution in [-0.2, 0) is 19.1 Å². The molecular formula is C24H23ClN2O6. The molecule has 0 atom stereocenters. The van der Waals surface area contributed by atoms with E-state index in [-0.39, 0.29) is 28.1 Å². The molecule has 0 fully saturated rings. The van der Waals surface area contributed by atoms with Crippen molar-refractivity contribution in [3.05, 3.63) is 70.4 Å². The maximum Gasteiger partial charge on any atom is 0.338 e. The lowest BCUT2D eigenvalue weighted by Crippen LogP contribution is -2.32. The molecule has 9 heteroatoms. The first-order chi connectivity index (χ1) is 15.7. The SMILES string of the molecule is CCCOC(=O)c1cccc(NC2=C(Cl)C(=O)N(c3ccc(C(=O)OC(C)C)cc3)C2=O)c1. The molecule has 3 rings (SSSR count). The summed E-state index contributed by atoms with van der Waals surface area (Å²) in [5.74, 6) is -2.37. The molecule has 33 heavy (non-hydrogen) atoms. The monoisotopic (exact) mass is 470 g/mol. The van der Waals surface area contributed by atoms with Gasteiger partial charge in [-0.2, -0.15) is 0 Å². The third kappa shape index (κ3) is 5.40. The highest BCUT2D eigenvalue weighted by molar-refractivity contribution is 6.53. The average molecular weight is 471 g/mol. The second-order valence-corrected chi connectivity index (χ2v) is 7.86. The van der Waals surface area contributed by atoms with Crippen molar-refractivity contribution in [2.24, 2.45) is 0 Å². The standard InChI is InChI=1S/C24H23ClN2O6/c1-4-12-32-23(30)16-6-5-7-17(13-16)26-20-19(25)21(28)27(22(20)29)18-10-8-15(9-11-18)24(31)33-14(2)3/h5-11,13-14,26H,4,12H2,1-3H3. The number of hydrogen-bond donors (Lipinski definition) is 1. The summed E-state index contributed by atoms with van der Waals surface area (Å²) in [7, 11) is 0. The number of anilines is 2. The first-order valence-corrected chi connectivity index (χ1v) is 10.7. The lowest BCUT2D eigenvalue weighted by atomic mass is 10.2. The molecule has 1 N–H and O–H groups in total. The van der Waals surface area contributed by atoms with Gasteiger partial charge >= 0.3 is 11.9 Å². The number of rotatable bonds is 8. The summed E-state index contributed by atoms with van der Waals surface area (Å²) >= 11 is 6.17. The molecule has 2 aromatic carbocycles. The van der Waals surface area contributed by atoms with Crippen LogP contribution in [0.3, 0.4) is 0 Å². The van der Waals surface area contributed by atoms with Crippen molar-refractivity contribution in [2.45, 2.75) is 33.3 Å². The highest BCUT2D eigenvalue weighted by Crippen LogP contribution is 2.30. The van der Waals surface area contributed by atoms with Gasteiger partial charge in [-0.1, -0.05) is 24.6 Å². The lowest BCUT2D eigenvalue weighted by Gasteiger charge is -2.16. The van der Waals surface area contributed by atoms with Crippen LogP contribution >= 0.6 is 11.6 Å². The maximum absolute atomic E-state index is 13.0. The van der Waals surface area contributed by atoms with Crippen molar-refractivity contribution in [3.63, 3.8) is 0 Å². The smallest absolute Gasteiger partial charge is 0.338 e. The van der Waals surface area contributed by atoms with Crippen LogP contribution in [0.4, 0.5) is 11.4 Å². The van der Waals surface area contributed by atoms with E-state index in [2.05, 4.69) is 5.32 Å². The molecule has 172 valence electrons. The van der Waals surface area contributed by atoms with Crippen molar-refractivity contribution >= 4 is 46.7 Å². The van der Waals surface area contributed by atoms with Gasteiger partial charge in [0.25, 0.3) is 11.8 Å². The summed E-state index contributed by atoms with van der Waals surface area (Å²) < 4.78 is 10.3. The van der Waals surface area contributed by atoms with Crippen LogP contribution < -0.4 is 10.2 Å². The minimum Gasteiger partial charge on any atom is -0.462 e. The van der Waals surface area contributed by atoms with Gasteiger partial charge in [-0.05, 0) is 62.7 Å². The molecule has 0 bridgehead atoms. The zero-order valence-corrected chi connectivity index (χ0v) is 19.1. The number of nitrogens with one attached hydrogen (secondary N) is 1. The highest BCUT2D eigenvalue weighted by atomic mass is 35.5. The van der Waals surface area contributed by atoms with Crippen molar-refractivity contribution in [3.8, 4) is 0 Å². The van der Waals surface area contributed by atoms with E-state index in [1.165, 1.54) is 30.3 Å². The largest absolute Gasteiger partial charge is 0.462 e. The van der Waals surface area contributed by atoms with Gasteiger partial charge in [-0.3, -0.25) is 9.59 Å². The number of imide groups is 1. The summed E-state index contributed by atoms with van der Waals surface area (Å²) in [5.41, 5.74) is 1.10. The number of halogens is 1. The Labute approximate surface area is 196 Å². The Morgan fingerprint density at radius 3 is 2.33 bits per heavy atom. The van der Waals surface area contributed by atoms with Crippen LogP contribution in [0.5, 0.6) is 0 Å². The molecule has 8 nitrogen and oxygen atoms in total. The third-order valence-corrected chi connectivity index (χ3v) is 4.89. The minimum atomic E-state index is -0.708. The van der Waals surface area contributed by atoms with Gasteiger partial charge < -0.3 is 14.8 Å². The summed E-state index contributed by atoms with van der Waals surface area (Å²) in [6.45, 7) is 5.65. The molecule has 0 aliphatic carbocycles. The van der Waals surface area contributed by atoms with Gasteiger partial charge in [-0.25, -0.2) is 14.5 Å². The van der Waals surface area contributed by atoms with E-state index < -0.39 is 23.8 Å². The second-order valence-electron chi connectivity index (χ2n) is 7.48. The van der Waals surface area contributed by atoms with Crippen LogP contribution in [0.25, 0.3) is 0 Å². The minimum absolute atomic E-state index is 0.121. The summed E-state index contributed by atoms with van der Waals surface area (Å²) in [4.78, 5) is 50.7. The molecule has 2 aromatic rings. The Balaban J connectivity index is 1.78.